The summed E-state index contributed by atoms with van der Waals surface area (Å²) in [5.74, 6) is -2.99. The number of carbonyl (C=O) groups excluding carboxylic acids is 4. The van der Waals surface area contributed by atoms with Crippen LogP contribution in [0.4, 0.5) is 0 Å². The Bertz CT molecular complexity index is 1250. The Morgan fingerprint density at radius 3 is 2.63 bits per heavy atom. The van der Waals surface area contributed by atoms with Gasteiger partial charge in [-0.2, -0.15) is 0 Å². The number of allylic oxidation sites excluding steroid dienone is 1. The SMILES string of the molecule is C=CCCC(=O)OC[C@H](NC(=O)[C@H]1[C@@H]2O[C@@]3(CC2Br)[C@@H]1C(=O)N(CCCCO)[C@@H]3C(=O)N(CC=C)CCCCC)c1ccccc1. The van der Waals surface area contributed by atoms with Gasteiger partial charge < -0.3 is 29.7 Å². The van der Waals surface area contributed by atoms with Gasteiger partial charge in [0, 0.05) is 37.5 Å². The van der Waals surface area contributed by atoms with E-state index in [9.17, 15) is 24.3 Å². The molecule has 3 fully saturated rings. The average molecular weight is 703 g/mol. The minimum absolute atomic E-state index is 0.0268. The quantitative estimate of drug-likeness (QED) is 0.0964. The summed E-state index contributed by atoms with van der Waals surface area (Å²) in [5, 5.41) is 12.5. The summed E-state index contributed by atoms with van der Waals surface area (Å²) < 4.78 is 12.2. The number of esters is 1. The smallest absolute Gasteiger partial charge is 0.306 e. The Labute approximate surface area is 280 Å². The first-order valence-electron chi connectivity index (χ1n) is 16.5. The van der Waals surface area contributed by atoms with Crippen LogP contribution in [0.1, 0.15) is 69.9 Å². The highest BCUT2D eigenvalue weighted by molar-refractivity contribution is 9.09. The predicted octanol–water partition coefficient (Wildman–Crippen LogP) is 4.08. The Balaban J connectivity index is 1.64. The maximum absolute atomic E-state index is 14.4. The van der Waals surface area contributed by atoms with E-state index in [0.717, 1.165) is 24.8 Å². The van der Waals surface area contributed by atoms with Crippen molar-refractivity contribution >= 4 is 39.6 Å². The van der Waals surface area contributed by atoms with Gasteiger partial charge in [0.2, 0.25) is 17.7 Å². The van der Waals surface area contributed by atoms with Crippen molar-refractivity contribution in [3.8, 4) is 0 Å². The number of carbonyl (C=O) groups is 4. The summed E-state index contributed by atoms with van der Waals surface area (Å²) in [6.45, 7) is 10.6. The van der Waals surface area contributed by atoms with Crippen LogP contribution in [0, 0.1) is 11.8 Å². The first kappa shape index (κ1) is 35.8. The average Bonchev–Trinajstić information content (AvgIpc) is 3.65. The standard InChI is InChI=1S/C35H48BrN3O7/c1-4-7-12-19-38(18-6-3)34(44)31-35-22-25(36)30(46-35)28(29(35)33(43)39(31)20-13-14-21-40)32(42)37-26(24-15-10-9-11-16-24)23-45-27(41)17-8-5-2/h5-6,9-11,15-16,25-26,28-31,40H,2-4,7-8,12-14,17-23H2,1H3,(H,37,42)/t25?,26-,28+,29-,30+,31+,35-/m0/s1. The summed E-state index contributed by atoms with van der Waals surface area (Å²) in [6.07, 6.45) is 7.58. The molecule has 2 bridgehead atoms. The van der Waals surface area contributed by atoms with Gasteiger partial charge in [0.15, 0.2) is 0 Å². The van der Waals surface area contributed by atoms with Gasteiger partial charge in [-0.15, -0.1) is 13.2 Å². The molecule has 0 saturated carbocycles. The molecular formula is C35H48BrN3O7. The Morgan fingerprint density at radius 2 is 1.96 bits per heavy atom. The van der Waals surface area contributed by atoms with Crippen molar-refractivity contribution in [3.63, 3.8) is 0 Å². The van der Waals surface area contributed by atoms with Crippen LogP contribution in [0.2, 0.25) is 0 Å². The van der Waals surface area contributed by atoms with Crippen LogP contribution in [0.25, 0.3) is 0 Å². The zero-order valence-corrected chi connectivity index (χ0v) is 28.4. The summed E-state index contributed by atoms with van der Waals surface area (Å²) >= 11 is 3.73. The molecule has 7 atom stereocenters. The normalized spacial score (nSPS) is 26.8. The number of likely N-dealkylation sites (tertiary alicyclic amines) is 1. The molecule has 3 amide bonds. The third kappa shape index (κ3) is 7.58. The number of aliphatic hydroxyl groups excluding tert-OH is 1. The van der Waals surface area contributed by atoms with E-state index in [4.69, 9.17) is 9.47 Å². The maximum Gasteiger partial charge on any atom is 0.306 e. The van der Waals surface area contributed by atoms with E-state index < -0.39 is 41.6 Å². The van der Waals surface area contributed by atoms with Gasteiger partial charge in [-0.05, 0) is 37.7 Å². The number of hydrogen-bond acceptors (Lipinski definition) is 7. The maximum atomic E-state index is 14.4. The lowest BCUT2D eigenvalue weighted by Gasteiger charge is -2.37. The van der Waals surface area contributed by atoms with Crippen molar-refractivity contribution in [3.05, 3.63) is 61.2 Å². The van der Waals surface area contributed by atoms with E-state index in [2.05, 4.69) is 41.3 Å². The minimum atomic E-state index is -1.18. The van der Waals surface area contributed by atoms with Gasteiger partial charge in [-0.1, -0.05) is 78.2 Å². The summed E-state index contributed by atoms with van der Waals surface area (Å²) in [7, 11) is 0. The molecule has 1 aromatic carbocycles. The van der Waals surface area contributed by atoms with Crippen molar-refractivity contribution in [1.29, 1.82) is 0 Å². The molecule has 4 rings (SSSR count). The van der Waals surface area contributed by atoms with Crippen molar-refractivity contribution < 1.29 is 33.8 Å². The lowest BCUT2D eigenvalue weighted by molar-refractivity contribution is -0.148. The second kappa shape index (κ2) is 16.7. The molecule has 10 nitrogen and oxygen atoms in total. The summed E-state index contributed by atoms with van der Waals surface area (Å²) in [5.41, 5.74) is -0.428. The number of hydrogen-bond donors (Lipinski definition) is 2. The molecule has 0 aliphatic carbocycles. The number of amides is 3. The van der Waals surface area contributed by atoms with Crippen LogP contribution in [0.15, 0.2) is 55.6 Å². The number of halogens is 1. The summed E-state index contributed by atoms with van der Waals surface area (Å²) in [4.78, 5) is 58.4. The number of nitrogens with zero attached hydrogens (tertiary/aromatic N) is 2. The number of alkyl halides is 1. The Kier molecular flexibility index (Phi) is 13.0. The second-order valence-corrected chi connectivity index (χ2v) is 13.6. The van der Waals surface area contributed by atoms with Crippen molar-refractivity contribution in [2.75, 3.05) is 32.8 Å². The van der Waals surface area contributed by atoms with Crippen molar-refractivity contribution in [1.82, 2.24) is 15.1 Å². The lowest BCUT2D eigenvalue weighted by Crippen LogP contribution is -2.57. The van der Waals surface area contributed by atoms with E-state index >= 15 is 0 Å². The van der Waals surface area contributed by atoms with E-state index in [0.29, 0.717) is 38.8 Å². The monoisotopic (exact) mass is 701 g/mol. The fraction of sp³-hybridized carbons (Fsp3) is 0.600. The van der Waals surface area contributed by atoms with Gasteiger partial charge >= 0.3 is 5.97 Å². The molecule has 2 N–H and O–H groups in total. The second-order valence-electron chi connectivity index (χ2n) is 12.4. The molecule has 3 saturated heterocycles. The molecule has 3 aliphatic rings. The zero-order valence-electron chi connectivity index (χ0n) is 26.8. The number of nitrogens with one attached hydrogen (secondary N) is 1. The van der Waals surface area contributed by atoms with Crippen LogP contribution < -0.4 is 5.32 Å². The highest BCUT2D eigenvalue weighted by atomic mass is 79.9. The van der Waals surface area contributed by atoms with Crippen LogP contribution in [0.3, 0.4) is 0 Å². The van der Waals surface area contributed by atoms with E-state index in [-0.39, 0.29) is 48.7 Å². The van der Waals surface area contributed by atoms with Gasteiger partial charge in [0.1, 0.15) is 18.2 Å². The molecular weight excluding hydrogens is 654 g/mol. The fourth-order valence-electron chi connectivity index (χ4n) is 7.16. The van der Waals surface area contributed by atoms with Crippen LogP contribution in [-0.4, -0.2) is 94.0 Å². The zero-order chi connectivity index (χ0) is 33.3. The van der Waals surface area contributed by atoms with Gasteiger partial charge in [-0.3, -0.25) is 19.2 Å². The molecule has 1 aromatic rings. The lowest BCUT2D eigenvalue weighted by atomic mass is 9.70. The van der Waals surface area contributed by atoms with E-state index in [1.54, 1.807) is 22.0 Å². The van der Waals surface area contributed by atoms with Gasteiger partial charge in [-0.25, -0.2) is 0 Å². The van der Waals surface area contributed by atoms with Crippen LogP contribution in [-0.2, 0) is 28.7 Å². The van der Waals surface area contributed by atoms with Gasteiger partial charge in [0.25, 0.3) is 0 Å². The molecule has 252 valence electrons. The summed E-state index contributed by atoms with van der Waals surface area (Å²) in [6, 6.07) is 7.69. The number of aliphatic hydroxyl groups is 1. The Hall–Kier alpha value is -3.02. The highest BCUT2D eigenvalue weighted by Gasteiger charge is 2.76. The van der Waals surface area contributed by atoms with Crippen LogP contribution >= 0.6 is 15.9 Å². The number of unbranched alkanes of at least 4 members (excludes halogenated alkanes) is 3. The number of fused-ring (bicyclic) bond motifs is 1. The highest BCUT2D eigenvalue weighted by Crippen LogP contribution is 2.60. The molecule has 3 aliphatic heterocycles. The third-order valence-corrected chi connectivity index (χ3v) is 10.2. The Morgan fingerprint density at radius 1 is 1.20 bits per heavy atom. The number of ether oxygens (including phenoxy) is 2. The molecule has 11 heteroatoms. The topological polar surface area (TPSA) is 125 Å². The molecule has 1 spiro atoms. The first-order chi connectivity index (χ1) is 22.2. The fourth-order valence-corrected chi connectivity index (χ4v) is 8.10. The molecule has 0 aromatic heterocycles. The number of rotatable bonds is 19. The first-order valence-corrected chi connectivity index (χ1v) is 17.4. The minimum Gasteiger partial charge on any atom is -0.463 e. The number of benzene rings is 1. The largest absolute Gasteiger partial charge is 0.463 e. The molecule has 1 unspecified atom stereocenters. The third-order valence-electron chi connectivity index (χ3n) is 9.31. The molecule has 46 heavy (non-hydrogen) atoms. The molecule has 3 heterocycles. The van der Waals surface area contributed by atoms with Crippen molar-refractivity contribution in [2.45, 2.75) is 86.9 Å². The van der Waals surface area contributed by atoms with Gasteiger partial charge in [0.05, 0.1) is 24.0 Å². The predicted molar refractivity (Wildman–Crippen MR) is 178 cm³/mol. The van der Waals surface area contributed by atoms with Crippen LogP contribution in [0.5, 0.6) is 0 Å². The van der Waals surface area contributed by atoms with Crippen molar-refractivity contribution in [2.24, 2.45) is 11.8 Å². The molecule has 0 radical (unpaired) electrons. The van der Waals surface area contributed by atoms with E-state index in [1.165, 1.54) is 0 Å². The van der Waals surface area contributed by atoms with E-state index in [1.807, 2.05) is 30.3 Å².